The van der Waals surface area contributed by atoms with Crippen molar-refractivity contribution in [1.82, 2.24) is 5.32 Å². The summed E-state index contributed by atoms with van der Waals surface area (Å²) in [6, 6.07) is 5.29. The first-order valence-electron chi connectivity index (χ1n) is 7.00. The molecule has 1 aromatic rings. The van der Waals surface area contributed by atoms with Crippen LogP contribution in [-0.2, 0) is 6.42 Å². The molecular weight excluding hydrogens is 226 g/mol. The zero-order valence-corrected chi connectivity index (χ0v) is 11.9. The molecule has 0 spiro atoms. The molecule has 1 fully saturated rings. The van der Waals surface area contributed by atoms with Crippen LogP contribution in [0.1, 0.15) is 44.4 Å². The van der Waals surface area contributed by atoms with Crippen LogP contribution in [0.5, 0.6) is 0 Å². The molecule has 0 radical (unpaired) electrons. The highest BCUT2D eigenvalue weighted by Gasteiger charge is 2.22. The third-order valence-corrected chi connectivity index (χ3v) is 4.39. The summed E-state index contributed by atoms with van der Waals surface area (Å²) in [6.45, 7) is 5.92. The number of hydrogen-bond donors (Lipinski definition) is 1. The molecule has 0 aliphatic heterocycles. The Morgan fingerprint density at radius 1 is 1.41 bits per heavy atom. The lowest BCUT2D eigenvalue weighted by Gasteiger charge is -2.19. The lowest BCUT2D eigenvalue weighted by Crippen LogP contribution is -2.26. The van der Waals surface area contributed by atoms with Crippen molar-refractivity contribution in [3.63, 3.8) is 0 Å². The van der Waals surface area contributed by atoms with Gasteiger partial charge in [0, 0.05) is 10.9 Å². The minimum atomic E-state index is 0.823. The van der Waals surface area contributed by atoms with Crippen molar-refractivity contribution < 1.29 is 0 Å². The van der Waals surface area contributed by atoms with Crippen molar-refractivity contribution >= 4 is 11.3 Å². The minimum absolute atomic E-state index is 0.823. The van der Waals surface area contributed by atoms with E-state index in [0.717, 1.165) is 17.9 Å². The molecule has 0 saturated heterocycles. The quantitative estimate of drug-likeness (QED) is 0.733. The number of thiophene rings is 1. The fourth-order valence-electron chi connectivity index (χ4n) is 2.39. The fraction of sp³-hybridized carbons (Fsp3) is 0.733. The number of rotatable bonds is 8. The molecule has 1 heterocycles. The SMILES string of the molecule is CC(C)CC(CCc1cccs1)CNC1CC1. The normalized spacial score (nSPS) is 17.6. The summed E-state index contributed by atoms with van der Waals surface area (Å²) in [5, 5.41) is 5.89. The highest BCUT2D eigenvalue weighted by atomic mass is 32.1. The van der Waals surface area contributed by atoms with Crippen LogP contribution in [0, 0.1) is 11.8 Å². The van der Waals surface area contributed by atoms with E-state index in [0.29, 0.717) is 0 Å². The van der Waals surface area contributed by atoms with Crippen molar-refractivity contribution in [2.24, 2.45) is 11.8 Å². The summed E-state index contributed by atoms with van der Waals surface area (Å²) < 4.78 is 0. The van der Waals surface area contributed by atoms with Crippen LogP contribution >= 0.6 is 11.3 Å². The zero-order chi connectivity index (χ0) is 12.1. The predicted octanol–water partition coefficient (Wildman–Crippen LogP) is 4.10. The van der Waals surface area contributed by atoms with Gasteiger partial charge in [0.15, 0.2) is 0 Å². The van der Waals surface area contributed by atoms with Crippen LogP contribution < -0.4 is 5.32 Å². The Morgan fingerprint density at radius 2 is 2.24 bits per heavy atom. The maximum atomic E-state index is 3.70. The molecule has 1 atom stereocenters. The highest BCUT2D eigenvalue weighted by molar-refractivity contribution is 7.09. The molecule has 96 valence electrons. The fourth-order valence-corrected chi connectivity index (χ4v) is 3.12. The van der Waals surface area contributed by atoms with Gasteiger partial charge in [-0.15, -0.1) is 11.3 Å². The van der Waals surface area contributed by atoms with E-state index < -0.39 is 0 Å². The van der Waals surface area contributed by atoms with E-state index in [4.69, 9.17) is 0 Å². The smallest absolute Gasteiger partial charge is 0.00683 e. The molecule has 1 aliphatic rings. The first-order chi connectivity index (χ1) is 8.24. The molecule has 1 nitrogen and oxygen atoms in total. The van der Waals surface area contributed by atoms with Crippen LogP contribution in [0.2, 0.25) is 0 Å². The minimum Gasteiger partial charge on any atom is -0.314 e. The van der Waals surface area contributed by atoms with Crippen molar-refractivity contribution in [1.29, 1.82) is 0 Å². The van der Waals surface area contributed by atoms with E-state index in [-0.39, 0.29) is 0 Å². The topological polar surface area (TPSA) is 12.0 Å². The zero-order valence-electron chi connectivity index (χ0n) is 11.1. The first kappa shape index (κ1) is 13.1. The standard InChI is InChI=1S/C15H25NS/c1-12(2)10-13(11-16-14-6-7-14)5-8-15-4-3-9-17-15/h3-4,9,12-14,16H,5-8,10-11H2,1-2H3. The van der Waals surface area contributed by atoms with Crippen molar-refractivity contribution in [2.45, 2.75) is 52.0 Å². The average molecular weight is 251 g/mol. The Bertz CT molecular complexity index is 301. The van der Waals surface area contributed by atoms with Gasteiger partial charge in [-0.2, -0.15) is 0 Å². The number of hydrogen-bond acceptors (Lipinski definition) is 2. The van der Waals surface area contributed by atoms with Gasteiger partial charge in [0.1, 0.15) is 0 Å². The molecule has 1 N–H and O–H groups in total. The second-order valence-electron chi connectivity index (χ2n) is 5.80. The highest BCUT2D eigenvalue weighted by Crippen LogP contribution is 2.23. The van der Waals surface area contributed by atoms with Crippen molar-refractivity contribution in [3.8, 4) is 0 Å². The maximum Gasteiger partial charge on any atom is 0.00683 e. The van der Waals surface area contributed by atoms with E-state index in [1.807, 2.05) is 11.3 Å². The van der Waals surface area contributed by atoms with Gasteiger partial charge in [0.25, 0.3) is 0 Å². The second-order valence-corrected chi connectivity index (χ2v) is 6.83. The second kappa shape index (κ2) is 6.55. The molecule has 0 aromatic carbocycles. The van der Waals surface area contributed by atoms with Crippen molar-refractivity contribution in [3.05, 3.63) is 22.4 Å². The summed E-state index contributed by atoms with van der Waals surface area (Å²) in [6.07, 6.45) is 6.78. The van der Waals surface area contributed by atoms with Gasteiger partial charge in [-0.25, -0.2) is 0 Å². The van der Waals surface area contributed by atoms with E-state index >= 15 is 0 Å². The van der Waals surface area contributed by atoms with Crippen LogP contribution in [0.25, 0.3) is 0 Å². The molecule has 1 aliphatic carbocycles. The van der Waals surface area contributed by atoms with Gasteiger partial charge in [-0.3, -0.25) is 0 Å². The van der Waals surface area contributed by atoms with Gasteiger partial charge in [-0.1, -0.05) is 19.9 Å². The average Bonchev–Trinajstić information content (AvgIpc) is 2.97. The van der Waals surface area contributed by atoms with E-state index in [1.54, 1.807) is 4.88 Å². The molecule has 1 unspecified atom stereocenters. The Morgan fingerprint density at radius 3 is 2.82 bits per heavy atom. The molecular formula is C15H25NS. The van der Waals surface area contributed by atoms with Gasteiger partial charge >= 0.3 is 0 Å². The molecule has 1 saturated carbocycles. The number of aryl methyl sites for hydroxylation is 1. The Labute approximate surface area is 110 Å². The lowest BCUT2D eigenvalue weighted by molar-refractivity contribution is 0.366. The van der Waals surface area contributed by atoms with E-state index in [9.17, 15) is 0 Å². The Hall–Kier alpha value is -0.340. The monoisotopic (exact) mass is 251 g/mol. The Balaban J connectivity index is 1.72. The van der Waals surface area contributed by atoms with E-state index in [2.05, 4.69) is 36.7 Å². The first-order valence-corrected chi connectivity index (χ1v) is 7.87. The summed E-state index contributed by atoms with van der Waals surface area (Å²) in [5.74, 6) is 1.68. The van der Waals surface area contributed by atoms with Crippen LogP contribution in [0.3, 0.4) is 0 Å². The number of nitrogens with one attached hydrogen (secondary N) is 1. The molecule has 1 aromatic heterocycles. The molecule has 2 heteroatoms. The summed E-state index contributed by atoms with van der Waals surface area (Å²) in [5.41, 5.74) is 0. The van der Waals surface area contributed by atoms with Crippen molar-refractivity contribution in [2.75, 3.05) is 6.54 Å². The molecule has 2 rings (SSSR count). The molecule has 17 heavy (non-hydrogen) atoms. The molecule has 0 bridgehead atoms. The van der Waals surface area contributed by atoms with Gasteiger partial charge in [0.05, 0.1) is 0 Å². The third kappa shape index (κ3) is 5.22. The summed E-state index contributed by atoms with van der Waals surface area (Å²) in [7, 11) is 0. The lowest BCUT2D eigenvalue weighted by atomic mass is 9.92. The van der Waals surface area contributed by atoms with Gasteiger partial charge in [-0.05, 0) is 61.9 Å². The van der Waals surface area contributed by atoms with Crippen LogP contribution in [-0.4, -0.2) is 12.6 Å². The van der Waals surface area contributed by atoms with Crippen LogP contribution in [0.4, 0.5) is 0 Å². The van der Waals surface area contributed by atoms with Gasteiger partial charge in [0.2, 0.25) is 0 Å². The third-order valence-electron chi connectivity index (χ3n) is 3.46. The summed E-state index contributed by atoms with van der Waals surface area (Å²) >= 11 is 1.90. The predicted molar refractivity (Wildman–Crippen MR) is 76.6 cm³/mol. The maximum absolute atomic E-state index is 3.70. The van der Waals surface area contributed by atoms with E-state index in [1.165, 1.54) is 38.6 Å². The van der Waals surface area contributed by atoms with Crippen LogP contribution in [0.15, 0.2) is 17.5 Å². The molecule has 0 amide bonds. The summed E-state index contributed by atoms with van der Waals surface area (Å²) in [4.78, 5) is 1.55. The van der Waals surface area contributed by atoms with Gasteiger partial charge < -0.3 is 5.32 Å². The largest absolute Gasteiger partial charge is 0.314 e. The Kier molecular flexibility index (Phi) is 5.05.